The molecule has 108 valence electrons. The zero-order chi connectivity index (χ0) is 15.1. The molecule has 1 aliphatic rings. The van der Waals surface area contributed by atoms with Gasteiger partial charge in [-0.1, -0.05) is 0 Å². The lowest BCUT2D eigenvalue weighted by Gasteiger charge is -2.14. The number of halogens is 3. The number of ether oxygens (including phenoxy) is 1. The molecule has 0 atom stereocenters. The van der Waals surface area contributed by atoms with Crippen LogP contribution < -0.4 is 0 Å². The van der Waals surface area contributed by atoms with Crippen molar-refractivity contribution < 1.29 is 32.6 Å². The molecule has 0 aliphatic heterocycles. The first-order valence-electron chi connectivity index (χ1n) is 5.93. The van der Waals surface area contributed by atoms with Gasteiger partial charge in [0.2, 0.25) is 0 Å². The van der Waals surface area contributed by atoms with E-state index in [9.17, 15) is 22.8 Å². The predicted octanol–water partition coefficient (Wildman–Crippen LogP) is 2.40. The molecule has 1 N–H and O–H groups in total. The molecule has 0 radical (unpaired) electrons. The molecule has 0 amide bonds. The van der Waals surface area contributed by atoms with Crippen molar-refractivity contribution in [2.45, 2.75) is 25.2 Å². The highest BCUT2D eigenvalue weighted by molar-refractivity contribution is 5.91. The van der Waals surface area contributed by atoms with Crippen molar-refractivity contribution in [3.63, 3.8) is 0 Å². The van der Waals surface area contributed by atoms with Crippen LogP contribution in [-0.2, 0) is 14.9 Å². The van der Waals surface area contributed by atoms with Gasteiger partial charge in [0.1, 0.15) is 11.4 Å². The molecule has 0 saturated heterocycles. The van der Waals surface area contributed by atoms with E-state index in [1.54, 1.807) is 0 Å². The van der Waals surface area contributed by atoms with Crippen molar-refractivity contribution in [3.8, 4) is 0 Å². The van der Waals surface area contributed by atoms with Gasteiger partial charge < -0.3 is 9.84 Å². The lowest BCUT2D eigenvalue weighted by molar-refractivity contribution is -0.140. The molecule has 0 aromatic heterocycles. The van der Waals surface area contributed by atoms with Crippen LogP contribution in [0.25, 0.3) is 0 Å². The third-order valence-corrected chi connectivity index (χ3v) is 3.29. The number of carboxylic acid groups (broad SMARTS) is 1. The average molecular weight is 288 g/mol. The van der Waals surface area contributed by atoms with Crippen LogP contribution in [0, 0.1) is 17.5 Å². The molecular formula is C13H11F3O4. The molecular weight excluding hydrogens is 277 g/mol. The zero-order valence-electron chi connectivity index (χ0n) is 10.5. The van der Waals surface area contributed by atoms with Crippen LogP contribution in [0.15, 0.2) is 6.07 Å². The molecule has 1 aromatic carbocycles. The van der Waals surface area contributed by atoms with Gasteiger partial charge in [-0.25, -0.2) is 18.0 Å². The van der Waals surface area contributed by atoms with Crippen LogP contribution in [-0.4, -0.2) is 23.7 Å². The molecule has 0 bridgehead atoms. The van der Waals surface area contributed by atoms with E-state index in [-0.39, 0.29) is 19.4 Å². The average Bonchev–Trinajstić information content (AvgIpc) is 3.15. The number of hydrogen-bond acceptors (Lipinski definition) is 3. The summed E-state index contributed by atoms with van der Waals surface area (Å²) in [6, 6.07) is 0.481. The van der Waals surface area contributed by atoms with Gasteiger partial charge in [0.25, 0.3) is 0 Å². The minimum absolute atomic E-state index is 0.0222. The fourth-order valence-corrected chi connectivity index (χ4v) is 2.09. The van der Waals surface area contributed by atoms with Crippen molar-refractivity contribution in [3.05, 3.63) is 34.6 Å². The van der Waals surface area contributed by atoms with E-state index in [0.29, 0.717) is 6.07 Å². The Labute approximate surface area is 112 Å². The first kappa shape index (κ1) is 14.4. The molecule has 0 unspecified atom stereocenters. The van der Waals surface area contributed by atoms with E-state index in [1.807, 2.05) is 0 Å². The first-order chi connectivity index (χ1) is 9.35. The second kappa shape index (κ2) is 4.81. The normalized spacial score (nSPS) is 15.8. The molecule has 2 rings (SSSR count). The quantitative estimate of drug-likeness (QED) is 0.682. The summed E-state index contributed by atoms with van der Waals surface area (Å²) < 4.78 is 46.1. The molecule has 1 aliphatic carbocycles. The monoisotopic (exact) mass is 288 g/mol. The Morgan fingerprint density at radius 2 is 1.90 bits per heavy atom. The molecule has 1 saturated carbocycles. The molecule has 1 fully saturated rings. The van der Waals surface area contributed by atoms with Gasteiger partial charge in [-0.15, -0.1) is 0 Å². The van der Waals surface area contributed by atoms with Gasteiger partial charge in [0.15, 0.2) is 11.6 Å². The highest BCUT2D eigenvalue weighted by atomic mass is 19.2. The standard InChI is InChI=1S/C13H11F3O4/c1-2-20-11(17)6-5-7(14)8(10(16)9(6)15)13(3-4-13)12(18)19/h5H,2-4H2,1H3,(H,18,19). The van der Waals surface area contributed by atoms with Crippen LogP contribution in [0.2, 0.25) is 0 Å². The Kier molecular flexibility index (Phi) is 3.45. The summed E-state index contributed by atoms with van der Waals surface area (Å²) in [6.45, 7) is 1.38. The van der Waals surface area contributed by atoms with Crippen LogP contribution in [0.1, 0.15) is 35.7 Å². The number of aliphatic carboxylic acids is 1. The maximum atomic E-state index is 13.9. The smallest absolute Gasteiger partial charge is 0.341 e. The fraction of sp³-hybridized carbons (Fsp3) is 0.385. The lowest BCUT2D eigenvalue weighted by Crippen LogP contribution is -2.24. The number of hydrogen-bond donors (Lipinski definition) is 1. The molecule has 4 nitrogen and oxygen atoms in total. The van der Waals surface area contributed by atoms with Crippen LogP contribution in [0.4, 0.5) is 13.2 Å². The molecule has 0 heterocycles. The molecule has 20 heavy (non-hydrogen) atoms. The van der Waals surface area contributed by atoms with Gasteiger partial charge in [-0.2, -0.15) is 0 Å². The Morgan fingerprint density at radius 3 is 2.35 bits per heavy atom. The summed E-state index contributed by atoms with van der Waals surface area (Å²) in [7, 11) is 0. The van der Waals surface area contributed by atoms with E-state index < -0.39 is 45.9 Å². The third-order valence-electron chi connectivity index (χ3n) is 3.29. The van der Waals surface area contributed by atoms with Gasteiger partial charge in [0.05, 0.1) is 12.0 Å². The Balaban J connectivity index is 2.56. The number of carboxylic acids is 1. The fourth-order valence-electron chi connectivity index (χ4n) is 2.09. The summed E-state index contributed by atoms with van der Waals surface area (Å²) in [6.07, 6.45) is 0.0444. The number of benzene rings is 1. The Morgan fingerprint density at radius 1 is 1.30 bits per heavy atom. The molecule has 0 spiro atoms. The van der Waals surface area contributed by atoms with Gasteiger partial charge >= 0.3 is 11.9 Å². The summed E-state index contributed by atoms with van der Waals surface area (Å²) in [5.74, 6) is -7.11. The number of rotatable bonds is 4. The van der Waals surface area contributed by atoms with Crippen molar-refractivity contribution in [1.82, 2.24) is 0 Å². The van der Waals surface area contributed by atoms with Crippen molar-refractivity contribution in [2.75, 3.05) is 6.61 Å². The van der Waals surface area contributed by atoms with E-state index in [0.717, 1.165) is 0 Å². The highest BCUT2D eigenvalue weighted by Gasteiger charge is 2.55. The van der Waals surface area contributed by atoms with E-state index in [2.05, 4.69) is 4.74 Å². The molecule has 7 heteroatoms. The van der Waals surface area contributed by atoms with Gasteiger partial charge in [-0.05, 0) is 25.8 Å². The number of esters is 1. The third kappa shape index (κ3) is 2.03. The highest BCUT2D eigenvalue weighted by Crippen LogP contribution is 2.50. The van der Waals surface area contributed by atoms with E-state index >= 15 is 0 Å². The first-order valence-corrected chi connectivity index (χ1v) is 5.93. The number of carbonyl (C=O) groups is 2. The minimum Gasteiger partial charge on any atom is -0.481 e. The maximum absolute atomic E-state index is 13.9. The summed E-state index contributed by atoms with van der Waals surface area (Å²) >= 11 is 0. The van der Waals surface area contributed by atoms with Gasteiger partial charge in [0, 0.05) is 5.56 Å². The Bertz CT molecular complexity index is 594. The van der Waals surface area contributed by atoms with E-state index in [1.165, 1.54) is 6.92 Å². The number of carbonyl (C=O) groups excluding carboxylic acids is 1. The predicted molar refractivity (Wildman–Crippen MR) is 60.8 cm³/mol. The van der Waals surface area contributed by atoms with Crippen molar-refractivity contribution in [2.24, 2.45) is 0 Å². The second-order valence-corrected chi connectivity index (χ2v) is 4.52. The second-order valence-electron chi connectivity index (χ2n) is 4.52. The van der Waals surface area contributed by atoms with Gasteiger partial charge in [-0.3, -0.25) is 4.79 Å². The van der Waals surface area contributed by atoms with Crippen LogP contribution >= 0.6 is 0 Å². The topological polar surface area (TPSA) is 63.6 Å². The maximum Gasteiger partial charge on any atom is 0.341 e. The molecule has 1 aromatic rings. The minimum atomic E-state index is -1.73. The summed E-state index contributed by atoms with van der Waals surface area (Å²) in [5, 5.41) is 9.01. The zero-order valence-corrected chi connectivity index (χ0v) is 10.5. The summed E-state index contributed by atoms with van der Waals surface area (Å²) in [4.78, 5) is 22.4. The largest absolute Gasteiger partial charge is 0.481 e. The summed E-state index contributed by atoms with van der Waals surface area (Å²) in [5.41, 5.74) is -3.45. The van der Waals surface area contributed by atoms with Crippen LogP contribution in [0.5, 0.6) is 0 Å². The SMILES string of the molecule is CCOC(=O)c1cc(F)c(C2(C(=O)O)CC2)c(F)c1F. The Hall–Kier alpha value is -2.05. The van der Waals surface area contributed by atoms with Crippen LogP contribution in [0.3, 0.4) is 0 Å². The van der Waals surface area contributed by atoms with Crippen molar-refractivity contribution >= 4 is 11.9 Å². The van der Waals surface area contributed by atoms with Crippen molar-refractivity contribution in [1.29, 1.82) is 0 Å². The van der Waals surface area contributed by atoms with E-state index in [4.69, 9.17) is 5.11 Å². The lowest BCUT2D eigenvalue weighted by atomic mass is 9.93.